The molecule has 4 rings (SSSR count). The standard InChI is InChI=1S/C23H22N4O5/c1-4-31-16-8-6-13(10-18(16)30-3)21-20-19(12-5-7-15(28)17(9-12)29-2)14(11-24)22(25)32-23(20)27-26-21/h5-10,19,28H,4,25H2,1-3H3,(H,26,27). The van der Waals surface area contributed by atoms with Gasteiger partial charge < -0.3 is 29.8 Å². The van der Waals surface area contributed by atoms with Gasteiger partial charge in [0, 0.05) is 5.56 Å². The van der Waals surface area contributed by atoms with Gasteiger partial charge in [0.25, 0.3) is 0 Å². The molecular formula is C23H22N4O5. The summed E-state index contributed by atoms with van der Waals surface area (Å²) < 4.78 is 22.0. The number of nitriles is 1. The van der Waals surface area contributed by atoms with Crippen LogP contribution in [0.3, 0.4) is 0 Å². The predicted octanol–water partition coefficient (Wildman–Crippen LogP) is 3.42. The minimum Gasteiger partial charge on any atom is -0.504 e. The number of H-pyrrole nitrogens is 1. The number of benzene rings is 2. The summed E-state index contributed by atoms with van der Waals surface area (Å²) in [5, 5.41) is 27.2. The molecule has 0 radical (unpaired) electrons. The fraction of sp³-hybridized carbons (Fsp3) is 0.217. The Morgan fingerprint density at radius 1 is 1.16 bits per heavy atom. The van der Waals surface area contributed by atoms with Crippen molar-refractivity contribution in [1.29, 1.82) is 5.26 Å². The number of aromatic nitrogens is 2. The Morgan fingerprint density at radius 2 is 1.94 bits per heavy atom. The van der Waals surface area contributed by atoms with Gasteiger partial charge in [0.2, 0.25) is 11.8 Å². The van der Waals surface area contributed by atoms with Crippen LogP contribution in [0.2, 0.25) is 0 Å². The quantitative estimate of drug-likeness (QED) is 0.537. The lowest BCUT2D eigenvalue weighted by Gasteiger charge is -2.24. The van der Waals surface area contributed by atoms with Crippen molar-refractivity contribution in [2.24, 2.45) is 5.73 Å². The summed E-state index contributed by atoms with van der Waals surface area (Å²) >= 11 is 0. The van der Waals surface area contributed by atoms with Gasteiger partial charge in [-0.05, 0) is 42.8 Å². The van der Waals surface area contributed by atoms with E-state index in [1.54, 1.807) is 19.2 Å². The van der Waals surface area contributed by atoms with E-state index < -0.39 is 5.92 Å². The van der Waals surface area contributed by atoms with Crippen molar-refractivity contribution in [2.75, 3.05) is 20.8 Å². The largest absolute Gasteiger partial charge is 0.504 e. The zero-order chi connectivity index (χ0) is 22.8. The third-order valence-electron chi connectivity index (χ3n) is 5.23. The number of rotatable bonds is 6. The molecule has 0 aliphatic carbocycles. The number of ether oxygens (including phenoxy) is 4. The average molecular weight is 434 g/mol. The van der Waals surface area contributed by atoms with Gasteiger partial charge in [-0.1, -0.05) is 6.07 Å². The highest BCUT2D eigenvalue weighted by molar-refractivity contribution is 5.73. The summed E-state index contributed by atoms with van der Waals surface area (Å²) in [6.07, 6.45) is 0. The second-order valence-electron chi connectivity index (χ2n) is 6.97. The first-order valence-electron chi connectivity index (χ1n) is 9.86. The average Bonchev–Trinajstić information content (AvgIpc) is 3.22. The molecule has 0 spiro atoms. The van der Waals surface area contributed by atoms with Crippen LogP contribution in [0.4, 0.5) is 0 Å². The van der Waals surface area contributed by atoms with E-state index in [-0.39, 0.29) is 28.8 Å². The number of aromatic hydroxyl groups is 1. The zero-order valence-electron chi connectivity index (χ0n) is 17.8. The number of allylic oxidation sites excluding steroid dienone is 1. The summed E-state index contributed by atoms with van der Waals surface area (Å²) in [6.45, 7) is 2.40. The van der Waals surface area contributed by atoms with Crippen LogP contribution in [0.25, 0.3) is 11.3 Å². The van der Waals surface area contributed by atoms with E-state index in [1.807, 2.05) is 25.1 Å². The van der Waals surface area contributed by atoms with Gasteiger partial charge in [-0.3, -0.25) is 5.10 Å². The summed E-state index contributed by atoms with van der Waals surface area (Å²) in [5.74, 6) is 1.08. The first-order chi connectivity index (χ1) is 15.5. The van der Waals surface area contributed by atoms with Gasteiger partial charge in [-0.25, -0.2) is 0 Å². The molecule has 0 saturated heterocycles. The number of fused-ring (bicyclic) bond motifs is 1. The lowest BCUT2D eigenvalue weighted by atomic mass is 9.83. The van der Waals surface area contributed by atoms with Gasteiger partial charge in [0.05, 0.1) is 38.0 Å². The first-order valence-corrected chi connectivity index (χ1v) is 9.86. The highest BCUT2D eigenvalue weighted by Crippen LogP contribution is 2.47. The van der Waals surface area contributed by atoms with E-state index >= 15 is 0 Å². The Hall–Kier alpha value is -4.32. The smallest absolute Gasteiger partial charge is 0.244 e. The molecule has 0 fully saturated rings. The van der Waals surface area contributed by atoms with E-state index in [1.165, 1.54) is 13.2 Å². The lowest BCUT2D eigenvalue weighted by Crippen LogP contribution is -2.21. The molecule has 0 bridgehead atoms. The molecule has 3 aromatic rings. The van der Waals surface area contributed by atoms with E-state index in [9.17, 15) is 10.4 Å². The highest BCUT2D eigenvalue weighted by Gasteiger charge is 2.36. The van der Waals surface area contributed by atoms with Crippen molar-refractivity contribution in [3.05, 3.63) is 59.0 Å². The molecule has 1 aromatic heterocycles. The van der Waals surface area contributed by atoms with Gasteiger partial charge in [-0.15, -0.1) is 5.10 Å². The molecule has 1 atom stereocenters. The number of nitrogens with two attached hydrogens (primary N) is 1. The molecule has 1 aliphatic rings. The molecule has 1 aliphatic heterocycles. The SMILES string of the molecule is CCOc1ccc(-c2[nH]nc3c2C(c2ccc(O)c(OC)c2)C(C#N)=C(N)O3)cc1OC. The Labute approximate surface area is 184 Å². The van der Waals surface area contributed by atoms with Crippen molar-refractivity contribution in [2.45, 2.75) is 12.8 Å². The fourth-order valence-corrected chi connectivity index (χ4v) is 3.77. The van der Waals surface area contributed by atoms with Crippen LogP contribution in [-0.4, -0.2) is 36.1 Å². The number of hydrogen-bond acceptors (Lipinski definition) is 8. The molecule has 2 aromatic carbocycles. The lowest BCUT2D eigenvalue weighted by molar-refractivity contribution is 0.311. The van der Waals surface area contributed by atoms with Crippen LogP contribution in [0.1, 0.15) is 24.0 Å². The van der Waals surface area contributed by atoms with Crippen LogP contribution < -0.4 is 24.7 Å². The van der Waals surface area contributed by atoms with E-state index in [4.69, 9.17) is 24.7 Å². The second-order valence-corrected chi connectivity index (χ2v) is 6.97. The number of methoxy groups -OCH3 is 2. The van der Waals surface area contributed by atoms with Gasteiger partial charge >= 0.3 is 0 Å². The van der Waals surface area contributed by atoms with E-state index in [0.29, 0.717) is 34.9 Å². The zero-order valence-corrected chi connectivity index (χ0v) is 17.8. The molecule has 0 amide bonds. The van der Waals surface area contributed by atoms with Crippen molar-refractivity contribution in [3.8, 4) is 46.2 Å². The Bertz CT molecular complexity index is 1240. The van der Waals surface area contributed by atoms with Crippen molar-refractivity contribution >= 4 is 0 Å². The van der Waals surface area contributed by atoms with Crippen LogP contribution in [0.15, 0.2) is 47.9 Å². The van der Waals surface area contributed by atoms with Gasteiger partial charge in [-0.2, -0.15) is 5.26 Å². The topological polar surface area (TPSA) is 136 Å². The molecule has 1 unspecified atom stereocenters. The molecule has 32 heavy (non-hydrogen) atoms. The van der Waals surface area contributed by atoms with Crippen molar-refractivity contribution in [3.63, 3.8) is 0 Å². The van der Waals surface area contributed by atoms with Crippen LogP contribution in [-0.2, 0) is 0 Å². The summed E-state index contributed by atoms with van der Waals surface area (Å²) in [6, 6.07) is 12.5. The molecule has 0 saturated carbocycles. The number of aromatic amines is 1. The third-order valence-corrected chi connectivity index (χ3v) is 5.23. The molecule has 4 N–H and O–H groups in total. The van der Waals surface area contributed by atoms with Crippen LogP contribution >= 0.6 is 0 Å². The Balaban J connectivity index is 1.91. The van der Waals surface area contributed by atoms with E-state index in [0.717, 1.165) is 5.56 Å². The van der Waals surface area contributed by atoms with Crippen LogP contribution in [0, 0.1) is 11.3 Å². The van der Waals surface area contributed by atoms with E-state index in [2.05, 4.69) is 16.3 Å². The number of phenolic OH excluding ortho intramolecular Hbond substituents is 1. The van der Waals surface area contributed by atoms with Crippen LogP contribution in [0.5, 0.6) is 28.9 Å². The number of phenols is 1. The predicted molar refractivity (Wildman–Crippen MR) is 116 cm³/mol. The monoisotopic (exact) mass is 434 g/mol. The molecule has 9 nitrogen and oxygen atoms in total. The molecule has 2 heterocycles. The maximum Gasteiger partial charge on any atom is 0.244 e. The number of hydrogen-bond donors (Lipinski definition) is 3. The molecule has 164 valence electrons. The molecule has 9 heteroatoms. The normalized spacial score (nSPS) is 14.9. The maximum absolute atomic E-state index is 10.0. The maximum atomic E-state index is 10.0. The fourth-order valence-electron chi connectivity index (χ4n) is 3.77. The summed E-state index contributed by atoms with van der Waals surface area (Å²) in [4.78, 5) is 0. The highest BCUT2D eigenvalue weighted by atomic mass is 16.5. The Kier molecular flexibility index (Phi) is 5.52. The summed E-state index contributed by atoms with van der Waals surface area (Å²) in [7, 11) is 3.02. The summed E-state index contributed by atoms with van der Waals surface area (Å²) in [5.41, 5.74) is 8.99. The van der Waals surface area contributed by atoms with Gasteiger partial charge in [0.15, 0.2) is 23.0 Å². The minimum absolute atomic E-state index is 0.0114. The third kappa shape index (κ3) is 3.41. The van der Waals surface area contributed by atoms with Crippen molar-refractivity contribution < 1.29 is 24.1 Å². The first kappa shape index (κ1) is 20.9. The number of nitrogens with zero attached hydrogens (tertiary/aromatic N) is 2. The van der Waals surface area contributed by atoms with Gasteiger partial charge in [0.1, 0.15) is 11.6 Å². The number of nitrogens with one attached hydrogen (secondary N) is 1. The minimum atomic E-state index is -0.593. The van der Waals surface area contributed by atoms with Crippen molar-refractivity contribution in [1.82, 2.24) is 10.2 Å². The second kappa shape index (κ2) is 8.43. The molecular weight excluding hydrogens is 412 g/mol. The Morgan fingerprint density at radius 3 is 2.62 bits per heavy atom.